The molecule has 0 saturated carbocycles. The number of anilines is 1. The molecule has 2 atom stereocenters. The van der Waals surface area contributed by atoms with E-state index in [9.17, 15) is 0 Å². The van der Waals surface area contributed by atoms with Crippen LogP contribution < -0.4 is 24.8 Å². The van der Waals surface area contributed by atoms with Gasteiger partial charge in [-0.15, -0.1) is 0 Å². The molecule has 138 valence electrons. The van der Waals surface area contributed by atoms with Gasteiger partial charge in [-0.25, -0.2) is 0 Å². The highest BCUT2D eigenvalue weighted by Crippen LogP contribution is 2.48. The number of hydrogen-bond donors (Lipinski definition) is 2. The van der Waals surface area contributed by atoms with Crippen LogP contribution in [0.2, 0.25) is 0 Å². The van der Waals surface area contributed by atoms with Crippen molar-refractivity contribution in [1.29, 1.82) is 0 Å². The standard InChI is InChI=1S/C21H26N2O3/c1-24-18-11-13(12-19(25-2)21(18)26-3)14-5-4-6-17-20(14)15-7-9-22-10-8-16(15)23-17/h4-6,11-12,15-16,22-23H,7-10H2,1-3H3/t15-,16-/m0/s1. The van der Waals surface area contributed by atoms with E-state index >= 15 is 0 Å². The topological polar surface area (TPSA) is 51.8 Å². The zero-order valence-electron chi connectivity index (χ0n) is 15.6. The van der Waals surface area contributed by atoms with Gasteiger partial charge in [0.1, 0.15) is 0 Å². The van der Waals surface area contributed by atoms with Gasteiger partial charge in [-0.2, -0.15) is 0 Å². The molecule has 2 N–H and O–H groups in total. The maximum Gasteiger partial charge on any atom is 0.203 e. The van der Waals surface area contributed by atoms with E-state index in [4.69, 9.17) is 14.2 Å². The fourth-order valence-electron chi connectivity index (χ4n) is 4.34. The minimum Gasteiger partial charge on any atom is -0.493 e. The maximum absolute atomic E-state index is 5.56. The molecular formula is C21H26N2O3. The summed E-state index contributed by atoms with van der Waals surface area (Å²) in [7, 11) is 4.95. The molecule has 4 rings (SSSR count). The molecule has 26 heavy (non-hydrogen) atoms. The summed E-state index contributed by atoms with van der Waals surface area (Å²) in [5.41, 5.74) is 5.00. The van der Waals surface area contributed by atoms with Gasteiger partial charge >= 0.3 is 0 Å². The molecule has 2 heterocycles. The predicted molar refractivity (Wildman–Crippen MR) is 104 cm³/mol. The van der Waals surface area contributed by atoms with Crippen molar-refractivity contribution >= 4 is 5.69 Å². The van der Waals surface area contributed by atoms with Crippen molar-refractivity contribution in [1.82, 2.24) is 5.32 Å². The summed E-state index contributed by atoms with van der Waals surface area (Å²) in [6, 6.07) is 11.1. The zero-order chi connectivity index (χ0) is 18.1. The molecule has 0 bridgehead atoms. The first-order valence-electron chi connectivity index (χ1n) is 9.17. The van der Waals surface area contributed by atoms with Crippen LogP contribution in [0.25, 0.3) is 11.1 Å². The molecule has 5 nitrogen and oxygen atoms in total. The van der Waals surface area contributed by atoms with Crippen LogP contribution in [0.15, 0.2) is 30.3 Å². The molecule has 1 saturated heterocycles. The van der Waals surface area contributed by atoms with Gasteiger partial charge in [-0.1, -0.05) is 12.1 Å². The van der Waals surface area contributed by atoms with Crippen molar-refractivity contribution < 1.29 is 14.2 Å². The van der Waals surface area contributed by atoms with Gasteiger partial charge in [-0.05, 0) is 60.8 Å². The number of fused-ring (bicyclic) bond motifs is 3. The number of ether oxygens (including phenoxy) is 3. The number of methoxy groups -OCH3 is 3. The summed E-state index contributed by atoms with van der Waals surface area (Å²) in [4.78, 5) is 0. The summed E-state index contributed by atoms with van der Waals surface area (Å²) < 4.78 is 16.6. The Bertz CT molecular complexity index is 781. The number of nitrogens with one attached hydrogen (secondary N) is 2. The fraction of sp³-hybridized carbons (Fsp3) is 0.429. The highest BCUT2D eigenvalue weighted by Gasteiger charge is 2.35. The molecule has 2 aliphatic heterocycles. The number of benzene rings is 2. The quantitative estimate of drug-likeness (QED) is 0.878. The Labute approximate surface area is 154 Å². The highest BCUT2D eigenvalue weighted by atomic mass is 16.5. The second kappa shape index (κ2) is 7.08. The van der Waals surface area contributed by atoms with Gasteiger partial charge < -0.3 is 24.8 Å². The third-order valence-corrected chi connectivity index (χ3v) is 5.54. The van der Waals surface area contributed by atoms with Crippen LogP contribution in [-0.4, -0.2) is 40.5 Å². The molecule has 0 unspecified atom stereocenters. The van der Waals surface area contributed by atoms with Crippen LogP contribution >= 0.6 is 0 Å². The van der Waals surface area contributed by atoms with Crippen molar-refractivity contribution in [2.24, 2.45) is 0 Å². The van der Waals surface area contributed by atoms with Crippen LogP contribution in [0.5, 0.6) is 17.2 Å². The Morgan fingerprint density at radius 3 is 2.35 bits per heavy atom. The van der Waals surface area contributed by atoms with E-state index in [1.807, 2.05) is 12.1 Å². The molecule has 0 amide bonds. The highest BCUT2D eigenvalue weighted by molar-refractivity contribution is 5.80. The molecule has 1 fully saturated rings. The van der Waals surface area contributed by atoms with Crippen molar-refractivity contribution in [3.05, 3.63) is 35.9 Å². The monoisotopic (exact) mass is 354 g/mol. The first kappa shape index (κ1) is 17.0. The molecule has 0 aromatic heterocycles. The van der Waals surface area contributed by atoms with Crippen LogP contribution in [0.4, 0.5) is 5.69 Å². The number of rotatable bonds is 4. The normalized spacial score (nSPS) is 21.2. The lowest BCUT2D eigenvalue weighted by atomic mass is 9.86. The Hall–Kier alpha value is -2.40. The molecule has 0 spiro atoms. The maximum atomic E-state index is 5.56. The predicted octanol–water partition coefficient (Wildman–Crippen LogP) is 3.64. The Kier molecular flexibility index (Phi) is 4.64. The lowest BCUT2D eigenvalue weighted by molar-refractivity contribution is 0.324. The van der Waals surface area contributed by atoms with E-state index in [1.54, 1.807) is 21.3 Å². The minimum absolute atomic E-state index is 0.503. The van der Waals surface area contributed by atoms with E-state index in [0.717, 1.165) is 31.5 Å². The first-order chi connectivity index (χ1) is 12.8. The first-order valence-corrected chi connectivity index (χ1v) is 9.17. The van der Waals surface area contributed by atoms with Crippen LogP contribution in [0, 0.1) is 0 Å². The molecule has 2 aromatic carbocycles. The van der Waals surface area contributed by atoms with E-state index in [-0.39, 0.29) is 0 Å². The smallest absolute Gasteiger partial charge is 0.203 e. The van der Waals surface area contributed by atoms with Crippen molar-refractivity contribution in [2.45, 2.75) is 24.8 Å². The average Bonchev–Trinajstić information content (AvgIpc) is 2.88. The second-order valence-corrected chi connectivity index (χ2v) is 6.87. The summed E-state index contributed by atoms with van der Waals surface area (Å²) in [5, 5.41) is 7.26. The third kappa shape index (κ3) is 2.76. The largest absolute Gasteiger partial charge is 0.493 e. The molecule has 5 heteroatoms. The van der Waals surface area contributed by atoms with Gasteiger partial charge in [0.25, 0.3) is 0 Å². The van der Waals surface area contributed by atoms with E-state index in [1.165, 1.54) is 16.8 Å². The molecule has 0 radical (unpaired) electrons. The van der Waals surface area contributed by atoms with Crippen LogP contribution in [-0.2, 0) is 0 Å². The van der Waals surface area contributed by atoms with Crippen molar-refractivity contribution in [3.8, 4) is 28.4 Å². The van der Waals surface area contributed by atoms with Crippen LogP contribution in [0.3, 0.4) is 0 Å². The summed E-state index contributed by atoms with van der Waals surface area (Å²) in [5.74, 6) is 2.52. The van der Waals surface area contributed by atoms with Gasteiger partial charge in [-0.3, -0.25) is 0 Å². The Morgan fingerprint density at radius 1 is 0.923 bits per heavy atom. The second-order valence-electron chi connectivity index (χ2n) is 6.87. The molecular weight excluding hydrogens is 328 g/mol. The van der Waals surface area contributed by atoms with Gasteiger partial charge in [0.15, 0.2) is 11.5 Å². The fourth-order valence-corrected chi connectivity index (χ4v) is 4.34. The third-order valence-electron chi connectivity index (χ3n) is 5.54. The average molecular weight is 354 g/mol. The number of hydrogen-bond acceptors (Lipinski definition) is 5. The molecule has 0 aliphatic carbocycles. The minimum atomic E-state index is 0.503. The van der Waals surface area contributed by atoms with Gasteiger partial charge in [0.2, 0.25) is 5.75 Å². The SMILES string of the molecule is COc1cc(-c2cccc3c2[C@H]2CCNCC[C@@H]2N3)cc(OC)c1OC. The summed E-state index contributed by atoms with van der Waals surface area (Å²) in [6.45, 7) is 2.13. The van der Waals surface area contributed by atoms with E-state index < -0.39 is 0 Å². The summed E-state index contributed by atoms with van der Waals surface area (Å²) >= 11 is 0. The van der Waals surface area contributed by atoms with Crippen molar-refractivity contribution in [3.63, 3.8) is 0 Å². The van der Waals surface area contributed by atoms with Gasteiger partial charge in [0.05, 0.1) is 21.3 Å². The van der Waals surface area contributed by atoms with Crippen LogP contribution in [0.1, 0.15) is 24.3 Å². The molecule has 2 aliphatic rings. The lowest BCUT2D eigenvalue weighted by Crippen LogP contribution is -2.21. The molecule has 2 aromatic rings. The lowest BCUT2D eigenvalue weighted by Gasteiger charge is -2.19. The van der Waals surface area contributed by atoms with E-state index in [0.29, 0.717) is 29.2 Å². The van der Waals surface area contributed by atoms with Crippen molar-refractivity contribution in [2.75, 3.05) is 39.7 Å². The Morgan fingerprint density at radius 2 is 1.65 bits per heavy atom. The Balaban J connectivity index is 1.85. The summed E-state index contributed by atoms with van der Waals surface area (Å²) in [6.07, 6.45) is 2.29. The van der Waals surface area contributed by atoms with Gasteiger partial charge in [0, 0.05) is 17.6 Å². The van der Waals surface area contributed by atoms with E-state index in [2.05, 4.69) is 28.8 Å². The zero-order valence-corrected chi connectivity index (χ0v) is 15.6.